The number of carbonyl (C=O) groups excluding carboxylic acids is 1. The van der Waals surface area contributed by atoms with Crippen LogP contribution < -0.4 is 5.73 Å². The lowest BCUT2D eigenvalue weighted by Gasteiger charge is -2.26. The van der Waals surface area contributed by atoms with Crippen molar-refractivity contribution in [1.29, 1.82) is 0 Å². The van der Waals surface area contributed by atoms with Gasteiger partial charge < -0.3 is 15.2 Å². The van der Waals surface area contributed by atoms with E-state index in [0.29, 0.717) is 26.2 Å². The van der Waals surface area contributed by atoms with Gasteiger partial charge in [0.2, 0.25) is 0 Å². The Kier molecular flexibility index (Phi) is 6.99. The van der Waals surface area contributed by atoms with Crippen molar-refractivity contribution in [1.82, 2.24) is 0 Å². The lowest BCUT2D eigenvalue weighted by molar-refractivity contribution is -0.145. The predicted octanol–water partition coefficient (Wildman–Crippen LogP) is 1.25. The highest BCUT2D eigenvalue weighted by molar-refractivity contribution is 5.70. The molecule has 0 saturated carbocycles. The van der Waals surface area contributed by atoms with Crippen molar-refractivity contribution < 1.29 is 14.3 Å². The lowest BCUT2D eigenvalue weighted by atomic mass is 9.94. The number of rotatable bonds is 8. The molecule has 0 heterocycles. The number of ether oxygens (including phenoxy) is 2. The van der Waals surface area contributed by atoms with Crippen LogP contribution in [0.2, 0.25) is 0 Å². The summed E-state index contributed by atoms with van der Waals surface area (Å²) in [6.07, 6.45) is 2.51. The number of hydrogen-bond donors (Lipinski definition) is 1. The topological polar surface area (TPSA) is 61.5 Å². The van der Waals surface area contributed by atoms with Gasteiger partial charge >= 0.3 is 5.97 Å². The van der Waals surface area contributed by atoms with Gasteiger partial charge in [-0.2, -0.15) is 0 Å². The van der Waals surface area contributed by atoms with Crippen molar-refractivity contribution in [2.75, 3.05) is 19.8 Å². The first-order valence-corrected chi connectivity index (χ1v) is 5.21. The van der Waals surface area contributed by atoms with Gasteiger partial charge in [0.1, 0.15) is 0 Å². The summed E-state index contributed by atoms with van der Waals surface area (Å²) in [4.78, 5) is 11.3. The van der Waals surface area contributed by atoms with E-state index in [2.05, 4.69) is 6.58 Å². The van der Waals surface area contributed by atoms with Crippen LogP contribution in [0, 0.1) is 0 Å². The second kappa shape index (κ2) is 7.43. The SMILES string of the molecule is C=CCOCC(N)(CC)CC(=O)OCC. The third-order valence-corrected chi connectivity index (χ3v) is 2.13. The molecule has 0 spiro atoms. The summed E-state index contributed by atoms with van der Waals surface area (Å²) in [7, 11) is 0. The summed E-state index contributed by atoms with van der Waals surface area (Å²) in [5.41, 5.74) is 5.38. The largest absolute Gasteiger partial charge is 0.466 e. The molecule has 88 valence electrons. The van der Waals surface area contributed by atoms with Crippen LogP contribution in [0.5, 0.6) is 0 Å². The molecule has 15 heavy (non-hydrogen) atoms. The molecule has 4 heteroatoms. The van der Waals surface area contributed by atoms with E-state index in [1.807, 2.05) is 6.92 Å². The van der Waals surface area contributed by atoms with Crippen LogP contribution in [0.3, 0.4) is 0 Å². The monoisotopic (exact) mass is 215 g/mol. The fourth-order valence-electron chi connectivity index (χ4n) is 1.12. The molecular formula is C11H21NO3. The molecule has 0 aromatic carbocycles. The minimum Gasteiger partial charge on any atom is -0.466 e. The second-order valence-corrected chi connectivity index (χ2v) is 3.50. The fourth-order valence-corrected chi connectivity index (χ4v) is 1.12. The molecular weight excluding hydrogens is 194 g/mol. The van der Waals surface area contributed by atoms with Crippen molar-refractivity contribution in [3.8, 4) is 0 Å². The van der Waals surface area contributed by atoms with E-state index in [1.165, 1.54) is 0 Å². The number of esters is 1. The number of nitrogens with two attached hydrogens (primary N) is 1. The van der Waals surface area contributed by atoms with Gasteiger partial charge in [0.15, 0.2) is 0 Å². The molecule has 0 aromatic rings. The Balaban J connectivity index is 4.04. The van der Waals surface area contributed by atoms with E-state index in [0.717, 1.165) is 0 Å². The third-order valence-electron chi connectivity index (χ3n) is 2.13. The minimum absolute atomic E-state index is 0.189. The quantitative estimate of drug-likeness (QED) is 0.376. The van der Waals surface area contributed by atoms with Gasteiger partial charge in [0, 0.05) is 5.54 Å². The van der Waals surface area contributed by atoms with E-state index in [4.69, 9.17) is 15.2 Å². The molecule has 0 amide bonds. The second-order valence-electron chi connectivity index (χ2n) is 3.50. The van der Waals surface area contributed by atoms with Gasteiger partial charge in [-0.1, -0.05) is 13.0 Å². The van der Waals surface area contributed by atoms with Crippen molar-refractivity contribution in [2.24, 2.45) is 5.73 Å². The first-order valence-electron chi connectivity index (χ1n) is 5.21. The van der Waals surface area contributed by atoms with Crippen LogP contribution in [0.25, 0.3) is 0 Å². The Labute approximate surface area is 91.4 Å². The zero-order valence-corrected chi connectivity index (χ0v) is 9.62. The molecule has 0 aromatic heterocycles. The van der Waals surface area contributed by atoms with E-state index in [-0.39, 0.29) is 12.4 Å². The Morgan fingerprint density at radius 1 is 1.53 bits per heavy atom. The van der Waals surface area contributed by atoms with Crippen LogP contribution in [0.15, 0.2) is 12.7 Å². The minimum atomic E-state index is -0.630. The van der Waals surface area contributed by atoms with Crippen LogP contribution in [0.1, 0.15) is 26.7 Å². The molecule has 1 atom stereocenters. The molecule has 0 bridgehead atoms. The van der Waals surface area contributed by atoms with E-state index >= 15 is 0 Å². The first kappa shape index (κ1) is 14.1. The molecule has 2 N–H and O–H groups in total. The van der Waals surface area contributed by atoms with E-state index < -0.39 is 5.54 Å². The van der Waals surface area contributed by atoms with Gasteiger partial charge in [-0.3, -0.25) is 4.79 Å². The summed E-state index contributed by atoms with van der Waals surface area (Å²) in [6, 6.07) is 0. The maximum atomic E-state index is 11.3. The normalized spacial score (nSPS) is 14.3. The molecule has 0 radical (unpaired) electrons. The van der Waals surface area contributed by atoms with Gasteiger partial charge in [0.25, 0.3) is 0 Å². The van der Waals surface area contributed by atoms with Crippen LogP contribution >= 0.6 is 0 Å². The Morgan fingerprint density at radius 3 is 2.67 bits per heavy atom. The lowest BCUT2D eigenvalue weighted by Crippen LogP contribution is -2.46. The van der Waals surface area contributed by atoms with Gasteiger partial charge in [-0.25, -0.2) is 0 Å². The molecule has 0 aliphatic rings. The number of hydrogen-bond acceptors (Lipinski definition) is 4. The van der Waals surface area contributed by atoms with Crippen LogP contribution in [-0.2, 0) is 14.3 Å². The molecule has 0 aliphatic carbocycles. The average molecular weight is 215 g/mol. The average Bonchev–Trinajstić information content (AvgIpc) is 2.18. The van der Waals surface area contributed by atoms with E-state index in [1.54, 1.807) is 13.0 Å². The summed E-state index contributed by atoms with van der Waals surface area (Å²) >= 11 is 0. The zero-order chi connectivity index (χ0) is 11.7. The highest BCUT2D eigenvalue weighted by atomic mass is 16.5. The molecule has 1 unspecified atom stereocenters. The summed E-state index contributed by atoms with van der Waals surface area (Å²) < 4.78 is 10.1. The Bertz CT molecular complexity index is 206. The standard InChI is InChI=1S/C11H21NO3/c1-4-7-14-9-11(12,5-2)8-10(13)15-6-3/h4H,1,5-9,12H2,2-3H3. The Hall–Kier alpha value is -0.870. The third kappa shape index (κ3) is 6.25. The van der Waals surface area contributed by atoms with Crippen molar-refractivity contribution in [2.45, 2.75) is 32.2 Å². The maximum Gasteiger partial charge on any atom is 0.307 e. The molecule has 4 nitrogen and oxygen atoms in total. The predicted molar refractivity (Wildman–Crippen MR) is 59.5 cm³/mol. The van der Waals surface area contributed by atoms with Gasteiger partial charge in [0.05, 0.1) is 26.2 Å². The Morgan fingerprint density at radius 2 is 2.20 bits per heavy atom. The first-order chi connectivity index (χ1) is 7.08. The van der Waals surface area contributed by atoms with Crippen molar-refractivity contribution in [3.63, 3.8) is 0 Å². The fraction of sp³-hybridized carbons (Fsp3) is 0.727. The highest BCUT2D eigenvalue weighted by Gasteiger charge is 2.27. The van der Waals surface area contributed by atoms with Crippen LogP contribution in [-0.4, -0.2) is 31.3 Å². The highest BCUT2D eigenvalue weighted by Crippen LogP contribution is 2.13. The van der Waals surface area contributed by atoms with Crippen molar-refractivity contribution in [3.05, 3.63) is 12.7 Å². The molecule has 0 saturated heterocycles. The number of carbonyl (C=O) groups is 1. The van der Waals surface area contributed by atoms with Gasteiger partial charge in [-0.15, -0.1) is 6.58 Å². The smallest absolute Gasteiger partial charge is 0.307 e. The summed E-state index contributed by atoms with van der Waals surface area (Å²) in [5.74, 6) is -0.274. The summed E-state index contributed by atoms with van der Waals surface area (Å²) in [5, 5.41) is 0. The van der Waals surface area contributed by atoms with Gasteiger partial charge in [-0.05, 0) is 13.3 Å². The molecule has 0 aliphatic heterocycles. The van der Waals surface area contributed by atoms with E-state index in [9.17, 15) is 4.79 Å². The van der Waals surface area contributed by atoms with Crippen LogP contribution in [0.4, 0.5) is 0 Å². The zero-order valence-electron chi connectivity index (χ0n) is 9.62. The van der Waals surface area contributed by atoms with Crippen molar-refractivity contribution >= 4 is 5.97 Å². The molecule has 0 rings (SSSR count). The molecule has 0 fully saturated rings. The summed E-state index contributed by atoms with van der Waals surface area (Å²) in [6.45, 7) is 8.41. The maximum absolute atomic E-state index is 11.3.